The van der Waals surface area contributed by atoms with Crippen LogP contribution < -0.4 is 11.1 Å². The van der Waals surface area contributed by atoms with Crippen molar-refractivity contribution in [3.05, 3.63) is 23.3 Å². The van der Waals surface area contributed by atoms with Gasteiger partial charge in [0.15, 0.2) is 0 Å². The van der Waals surface area contributed by atoms with Gasteiger partial charge in [0.05, 0.1) is 6.10 Å². The van der Waals surface area contributed by atoms with Gasteiger partial charge in [-0.1, -0.05) is 6.07 Å². The van der Waals surface area contributed by atoms with Crippen LogP contribution >= 0.6 is 0 Å². The Hall–Kier alpha value is -1.22. The molecule has 78 valence electrons. The second-order valence-corrected chi connectivity index (χ2v) is 3.70. The minimum Gasteiger partial charge on any atom is -0.398 e. The average Bonchev–Trinajstić information content (AvgIpc) is 2.11. The van der Waals surface area contributed by atoms with Crippen LogP contribution in [0.1, 0.15) is 18.1 Å². The maximum Gasteiger partial charge on any atom is 0.0684 e. The van der Waals surface area contributed by atoms with Crippen LogP contribution in [0.4, 0.5) is 11.4 Å². The highest BCUT2D eigenvalue weighted by Crippen LogP contribution is 2.24. The lowest BCUT2D eigenvalue weighted by Gasteiger charge is -2.15. The molecule has 0 fully saturated rings. The van der Waals surface area contributed by atoms with E-state index in [0.29, 0.717) is 6.54 Å². The molecule has 0 radical (unpaired) electrons. The van der Waals surface area contributed by atoms with E-state index in [1.807, 2.05) is 26.0 Å². The van der Waals surface area contributed by atoms with Crippen LogP contribution in [0.25, 0.3) is 0 Å². The van der Waals surface area contributed by atoms with Crippen molar-refractivity contribution < 1.29 is 5.11 Å². The smallest absolute Gasteiger partial charge is 0.0684 e. The Kier molecular flexibility index (Phi) is 3.36. The van der Waals surface area contributed by atoms with E-state index in [1.54, 1.807) is 6.92 Å². The number of aryl methyl sites for hydroxylation is 1. The lowest BCUT2D eigenvalue weighted by Crippen LogP contribution is -2.16. The SMILES string of the molecule is Cc1ccc(N)c(C)c1NCC(C)O. The van der Waals surface area contributed by atoms with Crippen molar-refractivity contribution in [3.8, 4) is 0 Å². The summed E-state index contributed by atoms with van der Waals surface area (Å²) < 4.78 is 0. The van der Waals surface area contributed by atoms with Crippen molar-refractivity contribution in [1.82, 2.24) is 0 Å². The van der Waals surface area contributed by atoms with Gasteiger partial charge in [0, 0.05) is 17.9 Å². The summed E-state index contributed by atoms with van der Waals surface area (Å²) in [6.45, 7) is 6.30. The third-order valence-corrected chi connectivity index (χ3v) is 2.29. The standard InChI is InChI=1S/C11H18N2O/c1-7-4-5-10(12)9(3)11(7)13-6-8(2)14/h4-5,8,13-14H,6,12H2,1-3H3. The molecule has 1 rings (SSSR count). The first-order valence-corrected chi connectivity index (χ1v) is 4.80. The van der Waals surface area contributed by atoms with Crippen LogP contribution in [-0.2, 0) is 0 Å². The summed E-state index contributed by atoms with van der Waals surface area (Å²) in [4.78, 5) is 0. The fraction of sp³-hybridized carbons (Fsp3) is 0.455. The minimum absolute atomic E-state index is 0.352. The second-order valence-electron chi connectivity index (χ2n) is 3.70. The Balaban J connectivity index is 2.89. The van der Waals surface area contributed by atoms with Crippen LogP contribution in [0, 0.1) is 13.8 Å². The summed E-state index contributed by atoms with van der Waals surface area (Å²) in [7, 11) is 0. The lowest BCUT2D eigenvalue weighted by molar-refractivity contribution is 0.208. The predicted molar refractivity (Wildman–Crippen MR) is 60.5 cm³/mol. The number of benzene rings is 1. The fourth-order valence-electron chi connectivity index (χ4n) is 1.38. The largest absolute Gasteiger partial charge is 0.398 e. The molecule has 14 heavy (non-hydrogen) atoms. The van der Waals surface area contributed by atoms with E-state index in [0.717, 1.165) is 22.5 Å². The summed E-state index contributed by atoms with van der Waals surface area (Å²) in [6, 6.07) is 3.88. The lowest BCUT2D eigenvalue weighted by atomic mass is 10.1. The number of aliphatic hydroxyl groups is 1. The zero-order valence-corrected chi connectivity index (χ0v) is 8.96. The monoisotopic (exact) mass is 194 g/mol. The predicted octanol–water partition coefficient (Wildman–Crippen LogP) is 1.68. The molecule has 1 atom stereocenters. The third kappa shape index (κ3) is 2.39. The summed E-state index contributed by atoms with van der Waals surface area (Å²) in [5, 5.41) is 12.4. The molecule has 0 aliphatic carbocycles. The van der Waals surface area contributed by atoms with Crippen LogP contribution in [0.3, 0.4) is 0 Å². The van der Waals surface area contributed by atoms with Crippen molar-refractivity contribution in [2.45, 2.75) is 26.9 Å². The van der Waals surface area contributed by atoms with Gasteiger partial charge in [0.25, 0.3) is 0 Å². The van der Waals surface area contributed by atoms with Crippen molar-refractivity contribution in [2.75, 3.05) is 17.6 Å². The molecule has 0 heterocycles. The van der Waals surface area contributed by atoms with E-state index in [4.69, 9.17) is 5.73 Å². The summed E-state index contributed by atoms with van der Waals surface area (Å²) in [5.74, 6) is 0. The molecule has 0 aliphatic rings. The Labute approximate surface area is 84.9 Å². The first-order chi connectivity index (χ1) is 6.52. The van der Waals surface area contributed by atoms with Gasteiger partial charge in [-0.25, -0.2) is 0 Å². The van der Waals surface area contributed by atoms with Crippen molar-refractivity contribution in [1.29, 1.82) is 0 Å². The van der Waals surface area contributed by atoms with Gasteiger partial charge < -0.3 is 16.2 Å². The molecule has 0 saturated carbocycles. The van der Waals surface area contributed by atoms with E-state index in [9.17, 15) is 5.11 Å². The number of nitrogens with two attached hydrogens (primary N) is 1. The average molecular weight is 194 g/mol. The van der Waals surface area contributed by atoms with Gasteiger partial charge in [0.2, 0.25) is 0 Å². The van der Waals surface area contributed by atoms with E-state index >= 15 is 0 Å². The van der Waals surface area contributed by atoms with Gasteiger partial charge in [-0.2, -0.15) is 0 Å². The Bertz CT molecular complexity index is 321. The normalized spacial score (nSPS) is 12.6. The van der Waals surface area contributed by atoms with Crippen molar-refractivity contribution >= 4 is 11.4 Å². The van der Waals surface area contributed by atoms with Crippen molar-refractivity contribution in [2.24, 2.45) is 0 Å². The Morgan fingerprint density at radius 3 is 2.64 bits per heavy atom. The Morgan fingerprint density at radius 1 is 1.43 bits per heavy atom. The number of aliphatic hydroxyl groups excluding tert-OH is 1. The number of rotatable bonds is 3. The first-order valence-electron chi connectivity index (χ1n) is 4.80. The number of nitrogen functional groups attached to an aromatic ring is 1. The molecule has 4 N–H and O–H groups in total. The van der Waals surface area contributed by atoms with Crippen LogP contribution in [0.2, 0.25) is 0 Å². The minimum atomic E-state index is -0.352. The summed E-state index contributed by atoms with van der Waals surface area (Å²) in [5.41, 5.74) is 9.81. The molecular formula is C11H18N2O. The van der Waals surface area contributed by atoms with E-state index in [1.165, 1.54) is 0 Å². The molecule has 1 aromatic carbocycles. The quantitative estimate of drug-likeness (QED) is 0.642. The van der Waals surface area contributed by atoms with Crippen LogP contribution in [0.5, 0.6) is 0 Å². The molecule has 0 aliphatic heterocycles. The Morgan fingerprint density at radius 2 is 2.07 bits per heavy atom. The number of hydrogen-bond acceptors (Lipinski definition) is 3. The molecule has 0 bridgehead atoms. The maximum atomic E-state index is 9.17. The van der Waals surface area contributed by atoms with Crippen LogP contribution in [-0.4, -0.2) is 17.8 Å². The zero-order chi connectivity index (χ0) is 10.7. The number of hydrogen-bond donors (Lipinski definition) is 3. The van der Waals surface area contributed by atoms with E-state index in [-0.39, 0.29) is 6.10 Å². The molecule has 0 aromatic heterocycles. The van der Waals surface area contributed by atoms with Gasteiger partial charge in [-0.15, -0.1) is 0 Å². The molecular weight excluding hydrogens is 176 g/mol. The molecule has 0 amide bonds. The fourth-order valence-corrected chi connectivity index (χ4v) is 1.38. The number of nitrogens with one attached hydrogen (secondary N) is 1. The van der Waals surface area contributed by atoms with Crippen LogP contribution in [0.15, 0.2) is 12.1 Å². The highest BCUT2D eigenvalue weighted by Gasteiger charge is 2.05. The molecule has 1 aromatic rings. The zero-order valence-electron chi connectivity index (χ0n) is 8.96. The van der Waals surface area contributed by atoms with Crippen molar-refractivity contribution in [3.63, 3.8) is 0 Å². The van der Waals surface area contributed by atoms with Gasteiger partial charge in [-0.05, 0) is 38.0 Å². The highest BCUT2D eigenvalue weighted by atomic mass is 16.3. The summed E-state index contributed by atoms with van der Waals surface area (Å²) in [6.07, 6.45) is -0.352. The third-order valence-electron chi connectivity index (χ3n) is 2.29. The molecule has 0 saturated heterocycles. The molecule has 3 heteroatoms. The highest BCUT2D eigenvalue weighted by molar-refractivity contribution is 5.66. The first kappa shape index (κ1) is 10.9. The van der Waals surface area contributed by atoms with Gasteiger partial charge in [0.1, 0.15) is 0 Å². The molecule has 0 spiro atoms. The van der Waals surface area contributed by atoms with Gasteiger partial charge in [-0.3, -0.25) is 0 Å². The van der Waals surface area contributed by atoms with Gasteiger partial charge >= 0.3 is 0 Å². The van der Waals surface area contributed by atoms with E-state index in [2.05, 4.69) is 5.32 Å². The number of anilines is 2. The molecule has 1 unspecified atom stereocenters. The molecule has 3 nitrogen and oxygen atoms in total. The second kappa shape index (κ2) is 4.33. The maximum absolute atomic E-state index is 9.17. The van der Waals surface area contributed by atoms with E-state index < -0.39 is 0 Å². The topological polar surface area (TPSA) is 58.3 Å². The summed E-state index contributed by atoms with van der Waals surface area (Å²) >= 11 is 0.